The van der Waals surface area contributed by atoms with Crippen LogP contribution in [0.1, 0.15) is 131 Å². The van der Waals surface area contributed by atoms with E-state index in [9.17, 15) is 29.1 Å². The molecule has 6 rings (SSSR count). The number of methoxy groups -OCH3 is 1. The number of pyridine rings is 1. The third kappa shape index (κ3) is 15.3. The molecule has 0 radical (unpaired) electrons. The zero-order valence-electron chi connectivity index (χ0n) is 51.9. The van der Waals surface area contributed by atoms with Gasteiger partial charge in [-0.15, -0.1) is 0 Å². The van der Waals surface area contributed by atoms with Crippen LogP contribution in [0.2, 0.25) is 0 Å². The Morgan fingerprint density at radius 2 is 1.60 bits per heavy atom. The van der Waals surface area contributed by atoms with Crippen molar-refractivity contribution in [2.45, 2.75) is 212 Å². The van der Waals surface area contributed by atoms with Gasteiger partial charge in [-0.25, -0.2) is 9.59 Å². The highest BCUT2D eigenvalue weighted by Crippen LogP contribution is 2.43. The Hall–Kier alpha value is -4.49. The fourth-order valence-corrected chi connectivity index (χ4v) is 12.9. The Labute approximate surface area is 484 Å². The molecule has 22 heteroatoms. The number of hydrogen-bond acceptors (Lipinski definition) is 21. The van der Waals surface area contributed by atoms with Crippen molar-refractivity contribution in [3.63, 3.8) is 0 Å². The molecule has 22 nitrogen and oxygen atoms in total. The number of benzene rings is 1. The maximum absolute atomic E-state index is 14.9. The third-order valence-electron chi connectivity index (χ3n) is 17.2. The maximum Gasteiger partial charge on any atom is 0.509 e. The van der Waals surface area contributed by atoms with Crippen LogP contribution in [0.3, 0.4) is 0 Å². The molecule has 2 aromatic rings. The molecule has 0 saturated carbocycles. The molecule has 18 atom stereocenters. The molecule has 0 bridgehead atoms. The zero-order valence-corrected chi connectivity index (χ0v) is 51.9. The normalized spacial score (nSPS) is 36.1. The van der Waals surface area contributed by atoms with Crippen molar-refractivity contribution in [3.05, 3.63) is 45.7 Å². The van der Waals surface area contributed by atoms with Crippen LogP contribution in [0.15, 0.2) is 29.2 Å². The third-order valence-corrected chi connectivity index (χ3v) is 17.2. The van der Waals surface area contributed by atoms with Crippen molar-refractivity contribution >= 4 is 35.0 Å². The molecule has 1 aromatic carbocycles. The van der Waals surface area contributed by atoms with Crippen LogP contribution < -0.4 is 10.4 Å². The van der Waals surface area contributed by atoms with Gasteiger partial charge in [-0.05, 0) is 132 Å². The van der Waals surface area contributed by atoms with Gasteiger partial charge in [0, 0.05) is 71.2 Å². The molecule has 1 aromatic heterocycles. The minimum atomic E-state index is -1.64. The Kier molecular flexibility index (Phi) is 22.9. The molecule has 464 valence electrons. The number of hydrogen-bond donors (Lipinski definition) is 1. The Balaban J connectivity index is 1.22. The van der Waals surface area contributed by atoms with E-state index < -0.39 is 114 Å². The lowest BCUT2D eigenvalue weighted by atomic mass is 9.77. The highest BCUT2D eigenvalue weighted by atomic mass is 16.8. The molecule has 0 spiro atoms. The fourth-order valence-electron chi connectivity index (χ4n) is 12.9. The standard InChI is InChI=1S/C60H96N4O18/c1-19-46-60(12)52(81-57(69)82-60)38(7)63(17)32-34(3)30-58(10,70)51(80-56-50(77-40(9)65)45(61(13)14)28-35(4)75-56)36(5)49(37(6)54(67)78-46)79-47-31-59(11,71-18)53(39(8)76-47)74-27-26-72-25-21-22-41-23-24-44-42(29-41)48(66)43(55(68)73-20-2)33-64(44)62(15)16/h23-24,29,33-39,45-47,49-53,56,70H,19-22,25-28,30-32H2,1-18H3/t34-,35-,36+,37-,38-,39+,45+,46-,47+,49+,50-,51-,52?,53+,56+,58-,59-,60-/m1/s1. The molecule has 0 amide bonds. The summed E-state index contributed by atoms with van der Waals surface area (Å²) in [7, 11) is 11.0. The van der Waals surface area contributed by atoms with Crippen molar-refractivity contribution in [2.75, 3.05) is 80.3 Å². The van der Waals surface area contributed by atoms with E-state index in [0.29, 0.717) is 43.3 Å². The first kappa shape index (κ1) is 66.6. The molecule has 4 aliphatic heterocycles. The van der Waals surface area contributed by atoms with E-state index in [4.69, 9.17) is 56.8 Å². The van der Waals surface area contributed by atoms with Crippen molar-refractivity contribution in [3.8, 4) is 0 Å². The van der Waals surface area contributed by atoms with Crippen LogP contribution in [0, 0.1) is 17.8 Å². The summed E-state index contributed by atoms with van der Waals surface area (Å²) in [6.45, 7) is 23.0. The summed E-state index contributed by atoms with van der Waals surface area (Å²) in [6, 6.07) is 4.96. The van der Waals surface area contributed by atoms with E-state index in [2.05, 4.69) is 0 Å². The Morgan fingerprint density at radius 1 is 0.890 bits per heavy atom. The molecule has 4 aliphatic rings. The Morgan fingerprint density at radius 3 is 2.23 bits per heavy atom. The number of likely N-dealkylation sites (N-methyl/N-ethyl adjacent to an activating group) is 2. The quantitative estimate of drug-likeness (QED) is 0.0963. The van der Waals surface area contributed by atoms with Gasteiger partial charge in [0.1, 0.15) is 17.8 Å². The largest absolute Gasteiger partial charge is 0.509 e. The van der Waals surface area contributed by atoms with Gasteiger partial charge in [-0.2, -0.15) is 0 Å². The highest BCUT2D eigenvalue weighted by Gasteiger charge is 2.58. The number of rotatable bonds is 19. The predicted molar refractivity (Wildman–Crippen MR) is 304 cm³/mol. The fraction of sp³-hybridized carbons (Fsp3) is 0.783. The Bertz CT molecular complexity index is 2540. The van der Waals surface area contributed by atoms with Crippen LogP contribution >= 0.6 is 0 Å². The molecule has 1 N–H and O–H groups in total. The number of aliphatic hydroxyl groups is 1. The molecule has 0 aliphatic carbocycles. The number of carbonyl (C=O) groups is 4. The average Bonchev–Trinajstić information content (AvgIpc) is 2.59. The number of carbonyl (C=O) groups excluding carboxylic acids is 4. The second kappa shape index (κ2) is 28.1. The summed E-state index contributed by atoms with van der Waals surface area (Å²) in [6.07, 6.45) is -5.33. The second-order valence-electron chi connectivity index (χ2n) is 24.4. The number of ether oxygens (including phenoxy) is 12. The average molecular weight is 1160 g/mol. The molecular formula is C60H96N4O18. The maximum atomic E-state index is 14.9. The minimum Gasteiger partial charge on any atom is -0.462 e. The molecule has 5 heterocycles. The summed E-state index contributed by atoms with van der Waals surface area (Å²) < 4.78 is 77.2. The minimum absolute atomic E-state index is 0.0317. The van der Waals surface area contributed by atoms with Gasteiger partial charge in [0.05, 0.1) is 72.9 Å². The summed E-state index contributed by atoms with van der Waals surface area (Å²) in [4.78, 5) is 70.9. The molecule has 82 heavy (non-hydrogen) atoms. The van der Waals surface area contributed by atoms with Crippen molar-refractivity contribution in [1.82, 2.24) is 14.5 Å². The van der Waals surface area contributed by atoms with E-state index in [1.165, 1.54) is 13.1 Å². The smallest absolute Gasteiger partial charge is 0.462 e. The van der Waals surface area contributed by atoms with Crippen LogP contribution in [0.5, 0.6) is 0 Å². The zero-order chi connectivity index (χ0) is 60.8. The summed E-state index contributed by atoms with van der Waals surface area (Å²) >= 11 is 0. The number of fused-ring (bicyclic) bond motifs is 2. The molecular weight excluding hydrogens is 1060 g/mol. The topological polar surface area (TPSA) is 231 Å². The second-order valence-corrected chi connectivity index (χ2v) is 24.4. The molecule has 4 fully saturated rings. The highest BCUT2D eigenvalue weighted by molar-refractivity contribution is 5.94. The first-order chi connectivity index (χ1) is 38.5. The number of aromatic nitrogens is 1. The predicted octanol–water partition coefficient (Wildman–Crippen LogP) is 6.02. The lowest BCUT2D eigenvalue weighted by Crippen LogP contribution is -2.61. The summed E-state index contributed by atoms with van der Waals surface area (Å²) in [5.41, 5.74) is -2.80. The summed E-state index contributed by atoms with van der Waals surface area (Å²) in [5.74, 6) is -3.89. The van der Waals surface area contributed by atoms with Crippen molar-refractivity contribution < 1.29 is 81.1 Å². The van der Waals surface area contributed by atoms with Gasteiger partial charge in [0.15, 0.2) is 30.4 Å². The van der Waals surface area contributed by atoms with Crippen molar-refractivity contribution in [2.24, 2.45) is 17.8 Å². The van der Waals surface area contributed by atoms with Crippen LogP contribution in [-0.4, -0.2) is 209 Å². The lowest BCUT2D eigenvalue weighted by molar-refractivity contribution is -0.321. The van der Waals surface area contributed by atoms with Gasteiger partial charge in [0.25, 0.3) is 0 Å². The number of nitrogens with zero attached hydrogens (tertiary/aromatic N) is 4. The van der Waals surface area contributed by atoms with E-state index >= 15 is 0 Å². The lowest BCUT2D eigenvalue weighted by Gasteiger charge is -2.49. The van der Waals surface area contributed by atoms with E-state index in [1.54, 1.807) is 44.5 Å². The van der Waals surface area contributed by atoms with Gasteiger partial charge >= 0.3 is 24.1 Å². The summed E-state index contributed by atoms with van der Waals surface area (Å²) in [5, 5.41) is 15.2. The van der Waals surface area contributed by atoms with Crippen LogP contribution in [0.4, 0.5) is 4.79 Å². The van der Waals surface area contributed by atoms with Crippen LogP contribution in [-0.2, 0) is 72.9 Å². The van der Waals surface area contributed by atoms with E-state index in [0.717, 1.165) is 5.56 Å². The van der Waals surface area contributed by atoms with Crippen molar-refractivity contribution in [1.29, 1.82) is 0 Å². The van der Waals surface area contributed by atoms with Gasteiger partial charge in [-0.1, -0.05) is 26.8 Å². The van der Waals surface area contributed by atoms with Gasteiger partial charge < -0.3 is 71.9 Å². The molecule has 4 saturated heterocycles. The molecule has 1 unspecified atom stereocenters. The van der Waals surface area contributed by atoms with Crippen LogP contribution in [0.25, 0.3) is 10.9 Å². The van der Waals surface area contributed by atoms with Gasteiger partial charge in [0.2, 0.25) is 5.43 Å². The monoisotopic (exact) mass is 1160 g/mol. The number of aryl methyl sites for hydroxylation is 1. The SMILES string of the molecule is CCOC(=O)c1cn(N(C)C)c2ccc(CCCOCCO[C@H]3[C@H](C)O[C@@H](O[C@H]4[C@H](C)[C@@H](O[C@@H]5O[C@H](C)C[C@H](N(C)C)[C@H]5OC(C)=O)[C@](C)(O)C[C@@H](C)CN(C)[C@H](C)C5OC(=O)O[C@]5(C)[C@@H](CC)OC(=O)[C@@H]4C)C[C@@]3(C)OC)cc2c1=O. The first-order valence-corrected chi connectivity index (χ1v) is 29.3. The number of esters is 3. The van der Waals surface area contributed by atoms with E-state index in [-0.39, 0.29) is 68.1 Å². The van der Waals surface area contributed by atoms with Gasteiger partial charge in [-0.3, -0.25) is 24.0 Å². The van der Waals surface area contributed by atoms with E-state index in [1.807, 2.05) is 112 Å². The number of cyclic esters (lactones) is 1. The first-order valence-electron chi connectivity index (χ1n) is 29.3.